The van der Waals surface area contributed by atoms with Crippen LogP contribution in [0.1, 0.15) is 38.3 Å². The number of carbonyl (C=O) groups is 2. The SMILES string of the molecule is O=C(c1cc([N+](=O)[O-])ccc1O)N1CCN(c2ccc(C(F)(F)F)cc2)CC1.O=C(c1cc([N+](=O)[O-])ccc1OCCCO)N1CCN(c2ccc(C(F)(F)F)cc2)CC1. The fourth-order valence-corrected chi connectivity index (χ4v) is 6.38. The molecule has 320 valence electrons. The number of non-ortho nitro benzene ring substituents is 2. The van der Waals surface area contributed by atoms with E-state index < -0.39 is 45.1 Å². The number of ether oxygens (including phenoxy) is 1. The second kappa shape index (κ2) is 19.0. The predicted molar refractivity (Wildman–Crippen MR) is 204 cm³/mol. The lowest BCUT2D eigenvalue weighted by Crippen LogP contribution is -2.48. The number of aliphatic hydroxyl groups is 1. The average molecular weight is 849 g/mol. The molecule has 4 aromatic rings. The number of nitro benzene ring substituents is 2. The molecule has 2 heterocycles. The fraction of sp³-hybridized carbons (Fsp3) is 0.333. The Hall–Kier alpha value is -6.64. The molecular formula is C39H38F6N6O9. The lowest BCUT2D eigenvalue weighted by molar-refractivity contribution is -0.385. The van der Waals surface area contributed by atoms with Gasteiger partial charge >= 0.3 is 12.4 Å². The number of alkyl halides is 6. The van der Waals surface area contributed by atoms with Gasteiger partial charge in [0.1, 0.15) is 11.5 Å². The molecule has 0 bridgehead atoms. The molecule has 0 aromatic heterocycles. The van der Waals surface area contributed by atoms with Crippen molar-refractivity contribution in [1.29, 1.82) is 0 Å². The van der Waals surface area contributed by atoms with E-state index in [1.54, 1.807) is 0 Å². The summed E-state index contributed by atoms with van der Waals surface area (Å²) >= 11 is 0. The van der Waals surface area contributed by atoms with Crippen molar-refractivity contribution < 1.29 is 60.7 Å². The zero-order valence-electron chi connectivity index (χ0n) is 31.6. The third-order valence-electron chi connectivity index (χ3n) is 9.64. The predicted octanol–water partition coefficient (Wildman–Crippen LogP) is 6.62. The smallest absolute Gasteiger partial charge is 0.416 e. The van der Waals surface area contributed by atoms with Crippen molar-refractivity contribution in [3.63, 3.8) is 0 Å². The van der Waals surface area contributed by atoms with Crippen LogP contribution in [-0.4, -0.2) is 107 Å². The summed E-state index contributed by atoms with van der Waals surface area (Å²) < 4.78 is 81.7. The van der Waals surface area contributed by atoms with Crippen LogP contribution in [-0.2, 0) is 12.4 Å². The number of nitrogens with zero attached hydrogens (tertiary/aromatic N) is 6. The van der Waals surface area contributed by atoms with E-state index in [1.165, 1.54) is 52.3 Å². The quantitative estimate of drug-likeness (QED) is 0.0757. The van der Waals surface area contributed by atoms with Crippen molar-refractivity contribution in [3.05, 3.63) is 127 Å². The number of aliphatic hydroxyl groups excluding tert-OH is 1. The number of hydrogen-bond acceptors (Lipinski definition) is 11. The summed E-state index contributed by atoms with van der Waals surface area (Å²) in [5, 5.41) is 40.8. The van der Waals surface area contributed by atoms with Crippen LogP contribution >= 0.6 is 0 Å². The van der Waals surface area contributed by atoms with Gasteiger partial charge in [0.15, 0.2) is 0 Å². The summed E-state index contributed by atoms with van der Waals surface area (Å²) in [4.78, 5) is 53.1. The summed E-state index contributed by atoms with van der Waals surface area (Å²) in [6.45, 7) is 2.72. The third kappa shape index (κ3) is 11.1. The number of phenolic OH excluding ortho intramolecular Hbond substituents is 1. The van der Waals surface area contributed by atoms with Crippen LogP contribution in [0.25, 0.3) is 0 Å². The van der Waals surface area contributed by atoms with Gasteiger partial charge in [0, 0.05) is 101 Å². The summed E-state index contributed by atoms with van der Waals surface area (Å²) in [6.07, 6.45) is -8.46. The number of hydrogen-bond donors (Lipinski definition) is 2. The highest BCUT2D eigenvalue weighted by atomic mass is 19.4. The van der Waals surface area contributed by atoms with Crippen LogP contribution in [0.3, 0.4) is 0 Å². The summed E-state index contributed by atoms with van der Waals surface area (Å²) in [5.41, 5.74) is -0.875. The zero-order chi connectivity index (χ0) is 43.8. The topological polar surface area (TPSA) is 183 Å². The minimum atomic E-state index is -4.40. The van der Waals surface area contributed by atoms with Gasteiger partial charge in [-0.05, 0) is 60.7 Å². The van der Waals surface area contributed by atoms with E-state index in [0.29, 0.717) is 57.1 Å². The van der Waals surface area contributed by atoms with E-state index in [0.717, 1.165) is 42.5 Å². The standard InChI is InChI=1S/C21H22F3N3O5.C18H16F3N3O4/c22-21(23,24)15-2-4-16(5-3-15)25-8-10-26(11-9-25)20(29)18-14-17(27(30)31)6-7-19(18)32-13-1-12-28;19-18(20,21)12-1-3-13(4-2-12)22-7-9-23(10-8-22)17(26)15-11-14(24(27)28)5-6-16(15)25/h2-7,14,28H,1,8-13H2;1-6,11,25H,7-10H2. The van der Waals surface area contributed by atoms with Crippen LogP contribution in [0.2, 0.25) is 0 Å². The van der Waals surface area contributed by atoms with Crippen LogP contribution in [0.5, 0.6) is 11.5 Å². The highest BCUT2D eigenvalue weighted by molar-refractivity contribution is 5.98. The van der Waals surface area contributed by atoms with Crippen LogP contribution in [0, 0.1) is 20.2 Å². The molecule has 6 rings (SSSR count). The molecule has 21 heteroatoms. The van der Waals surface area contributed by atoms with Crippen LogP contribution < -0.4 is 14.5 Å². The van der Waals surface area contributed by atoms with E-state index in [9.17, 15) is 61.3 Å². The molecule has 60 heavy (non-hydrogen) atoms. The van der Waals surface area contributed by atoms with Gasteiger partial charge in [-0.1, -0.05) is 0 Å². The van der Waals surface area contributed by atoms with Gasteiger partial charge in [-0.2, -0.15) is 26.3 Å². The Morgan fingerprint density at radius 2 is 1.02 bits per heavy atom. The Morgan fingerprint density at radius 3 is 1.42 bits per heavy atom. The maximum absolute atomic E-state index is 13.1. The van der Waals surface area contributed by atoms with Crippen molar-refractivity contribution in [3.8, 4) is 11.5 Å². The molecule has 4 aromatic carbocycles. The first-order valence-electron chi connectivity index (χ1n) is 18.3. The number of aromatic hydroxyl groups is 1. The fourth-order valence-electron chi connectivity index (χ4n) is 6.38. The van der Waals surface area contributed by atoms with Gasteiger partial charge < -0.3 is 34.5 Å². The van der Waals surface area contributed by atoms with Gasteiger partial charge in [-0.3, -0.25) is 29.8 Å². The first kappa shape index (κ1) is 44.5. The summed E-state index contributed by atoms with van der Waals surface area (Å²) in [5.74, 6) is -1.12. The first-order chi connectivity index (χ1) is 28.4. The number of halogens is 6. The molecular weight excluding hydrogens is 810 g/mol. The van der Waals surface area contributed by atoms with Gasteiger partial charge in [0.2, 0.25) is 0 Å². The molecule has 0 saturated carbocycles. The first-order valence-corrected chi connectivity index (χ1v) is 18.3. The van der Waals surface area contributed by atoms with Crippen LogP contribution in [0.4, 0.5) is 49.1 Å². The van der Waals surface area contributed by atoms with Crippen molar-refractivity contribution in [2.75, 3.05) is 75.4 Å². The molecule has 0 spiro atoms. The van der Waals surface area contributed by atoms with Gasteiger partial charge in [-0.25, -0.2) is 0 Å². The minimum absolute atomic E-state index is 0.0557. The molecule has 0 unspecified atom stereocenters. The van der Waals surface area contributed by atoms with Gasteiger partial charge in [0.25, 0.3) is 23.2 Å². The molecule has 2 amide bonds. The number of phenols is 1. The maximum atomic E-state index is 13.1. The minimum Gasteiger partial charge on any atom is -0.507 e. The number of rotatable bonds is 10. The number of piperazine rings is 2. The van der Waals surface area contributed by atoms with E-state index in [1.807, 2.05) is 9.80 Å². The number of carbonyl (C=O) groups excluding carboxylic acids is 2. The molecule has 0 atom stereocenters. The Balaban J connectivity index is 0.000000230. The number of benzene rings is 4. The Bertz CT molecular complexity index is 2160. The van der Waals surface area contributed by atoms with E-state index >= 15 is 0 Å². The second-order valence-corrected chi connectivity index (χ2v) is 13.5. The van der Waals surface area contributed by atoms with Crippen LogP contribution in [0.15, 0.2) is 84.9 Å². The summed E-state index contributed by atoms with van der Waals surface area (Å²) in [7, 11) is 0. The maximum Gasteiger partial charge on any atom is 0.416 e. The number of anilines is 2. The Kier molecular flexibility index (Phi) is 14.0. The van der Waals surface area contributed by atoms with Crippen molar-refractivity contribution in [2.24, 2.45) is 0 Å². The van der Waals surface area contributed by atoms with E-state index in [-0.39, 0.29) is 60.3 Å². The molecule has 2 aliphatic heterocycles. The van der Waals surface area contributed by atoms with Crippen molar-refractivity contribution >= 4 is 34.6 Å². The second-order valence-electron chi connectivity index (χ2n) is 13.5. The molecule has 0 aliphatic carbocycles. The number of amides is 2. The van der Waals surface area contributed by atoms with E-state index in [2.05, 4.69) is 0 Å². The molecule has 2 N–H and O–H groups in total. The Labute approximate surface area is 337 Å². The monoisotopic (exact) mass is 848 g/mol. The largest absolute Gasteiger partial charge is 0.507 e. The third-order valence-corrected chi connectivity index (χ3v) is 9.64. The zero-order valence-corrected chi connectivity index (χ0v) is 31.6. The Morgan fingerprint density at radius 1 is 0.617 bits per heavy atom. The highest BCUT2D eigenvalue weighted by Gasteiger charge is 2.32. The molecule has 2 fully saturated rings. The molecule has 2 saturated heterocycles. The summed E-state index contributed by atoms with van der Waals surface area (Å²) in [6, 6.07) is 16.6. The van der Waals surface area contributed by atoms with Gasteiger partial charge in [-0.15, -0.1) is 0 Å². The van der Waals surface area contributed by atoms with E-state index in [4.69, 9.17) is 9.84 Å². The normalized spacial score (nSPS) is 14.6. The van der Waals surface area contributed by atoms with Gasteiger partial charge in [0.05, 0.1) is 38.7 Å². The highest BCUT2D eigenvalue weighted by Crippen LogP contribution is 2.33. The molecule has 15 nitrogen and oxygen atoms in total. The molecule has 2 aliphatic rings. The lowest BCUT2D eigenvalue weighted by atomic mass is 10.1. The average Bonchev–Trinajstić information content (AvgIpc) is 3.23. The van der Waals surface area contributed by atoms with Crippen molar-refractivity contribution in [2.45, 2.75) is 18.8 Å². The lowest BCUT2D eigenvalue weighted by Gasteiger charge is -2.36. The van der Waals surface area contributed by atoms with Crippen molar-refractivity contribution in [1.82, 2.24) is 9.80 Å². The number of nitro groups is 2. The molecule has 0 radical (unpaired) electrons.